The van der Waals surface area contributed by atoms with E-state index in [1.165, 1.54) is 30.5 Å². The molecule has 0 amide bonds. The number of alkyl halides is 3. The fraction of sp³-hybridized carbons (Fsp3) is 0.185. The maximum absolute atomic E-state index is 14.4. The lowest BCUT2D eigenvalue weighted by Gasteiger charge is -2.16. The summed E-state index contributed by atoms with van der Waals surface area (Å²) in [6.45, 7) is 1.18. The first-order chi connectivity index (χ1) is 18.2. The summed E-state index contributed by atoms with van der Waals surface area (Å²) in [5.41, 5.74) is -3.32. The lowest BCUT2D eigenvalue weighted by atomic mass is 10.0. The molecule has 0 unspecified atom stereocenters. The molecule has 0 aliphatic heterocycles. The van der Waals surface area contributed by atoms with Gasteiger partial charge < -0.3 is 4.42 Å². The fourth-order valence-electron chi connectivity index (χ4n) is 4.03. The van der Waals surface area contributed by atoms with Crippen LogP contribution in [0.4, 0.5) is 22.0 Å². The van der Waals surface area contributed by atoms with Gasteiger partial charge in [-0.25, -0.2) is 17.2 Å². The van der Waals surface area contributed by atoms with Crippen LogP contribution in [0.25, 0.3) is 22.6 Å². The Morgan fingerprint density at radius 2 is 1.74 bits per heavy atom. The van der Waals surface area contributed by atoms with E-state index in [0.717, 1.165) is 23.0 Å². The Balaban J connectivity index is 1.95. The smallest absolute Gasteiger partial charge is 0.417 e. The average molecular weight is 563 g/mol. The molecule has 6 nitrogen and oxygen atoms in total. The van der Waals surface area contributed by atoms with Gasteiger partial charge in [0, 0.05) is 23.4 Å². The normalized spacial score (nSPS) is 11.9. The number of aromatic nitrogens is 1. The van der Waals surface area contributed by atoms with Crippen molar-refractivity contribution in [3.8, 4) is 28.7 Å². The Kier molecular flexibility index (Phi) is 7.23. The van der Waals surface area contributed by atoms with Crippen LogP contribution in [-0.2, 0) is 29.0 Å². The Labute approximate surface area is 219 Å². The first-order valence-electron chi connectivity index (χ1n) is 11.3. The van der Waals surface area contributed by atoms with Crippen molar-refractivity contribution in [2.75, 3.05) is 6.26 Å². The first kappa shape index (κ1) is 27.8. The van der Waals surface area contributed by atoms with Crippen LogP contribution >= 0.6 is 0 Å². The second-order valence-electron chi connectivity index (χ2n) is 8.75. The van der Waals surface area contributed by atoms with Crippen LogP contribution in [0.3, 0.4) is 0 Å². The largest absolute Gasteiger partial charge is 0.462 e. The Morgan fingerprint density at radius 1 is 1.03 bits per heavy atom. The minimum atomic E-state index is -5.07. The topological polar surface area (TPSA) is 93.1 Å². The molecule has 39 heavy (non-hydrogen) atoms. The van der Waals surface area contributed by atoms with Gasteiger partial charge in [-0.1, -0.05) is 19.1 Å². The van der Waals surface area contributed by atoms with Crippen molar-refractivity contribution < 1.29 is 34.8 Å². The van der Waals surface area contributed by atoms with E-state index < -0.39 is 56.6 Å². The molecule has 0 atom stereocenters. The zero-order chi connectivity index (χ0) is 28.7. The van der Waals surface area contributed by atoms with Crippen LogP contribution in [0.2, 0.25) is 0 Å². The predicted molar refractivity (Wildman–Crippen MR) is 132 cm³/mol. The van der Waals surface area contributed by atoms with Crippen LogP contribution in [0.5, 0.6) is 0 Å². The molecule has 202 valence electrons. The minimum absolute atomic E-state index is 0.0287. The standard InChI is InChI=1S/C27H19F5N2O4S/c1-3-15-6-17(8-20(7-15)39(2,36)37)18-9-25(38-14-18)24-11-22(27(30,31)32)21(12-33)26(35)34(24)13-16-4-5-19(28)10-23(16)29/h4-11,14H,3,13H2,1-2H3. The molecule has 0 saturated heterocycles. The Morgan fingerprint density at radius 3 is 2.33 bits per heavy atom. The van der Waals surface area contributed by atoms with Gasteiger partial charge in [-0.05, 0) is 47.9 Å². The second-order valence-corrected chi connectivity index (χ2v) is 10.8. The van der Waals surface area contributed by atoms with Gasteiger partial charge in [0.1, 0.15) is 23.3 Å². The molecule has 0 saturated carbocycles. The molecule has 0 bridgehead atoms. The Hall–Kier alpha value is -4.24. The van der Waals surface area contributed by atoms with Gasteiger partial charge in [0.25, 0.3) is 5.56 Å². The Bertz CT molecular complexity index is 1800. The third kappa shape index (κ3) is 5.63. The molecule has 0 fully saturated rings. The fourth-order valence-corrected chi connectivity index (χ4v) is 4.73. The number of nitriles is 1. The number of furan rings is 1. The van der Waals surface area contributed by atoms with E-state index in [2.05, 4.69) is 0 Å². The minimum Gasteiger partial charge on any atom is -0.462 e. The molecule has 0 aliphatic carbocycles. The highest BCUT2D eigenvalue weighted by atomic mass is 32.2. The summed E-state index contributed by atoms with van der Waals surface area (Å²) in [5.74, 6) is -2.18. The lowest BCUT2D eigenvalue weighted by Crippen LogP contribution is -2.29. The summed E-state index contributed by atoms with van der Waals surface area (Å²) in [6, 6.07) is 10.2. The van der Waals surface area contributed by atoms with Crippen molar-refractivity contribution in [1.29, 1.82) is 5.26 Å². The van der Waals surface area contributed by atoms with Gasteiger partial charge in [-0.15, -0.1) is 0 Å². The van der Waals surface area contributed by atoms with Gasteiger partial charge in [0.15, 0.2) is 15.6 Å². The van der Waals surface area contributed by atoms with Crippen molar-refractivity contribution in [3.05, 3.63) is 99.0 Å². The summed E-state index contributed by atoms with van der Waals surface area (Å²) < 4.78 is 99.8. The van der Waals surface area contributed by atoms with Gasteiger partial charge >= 0.3 is 6.18 Å². The first-order valence-corrected chi connectivity index (χ1v) is 13.2. The maximum atomic E-state index is 14.4. The molecule has 0 N–H and O–H groups in total. The molecule has 12 heteroatoms. The third-order valence-electron chi connectivity index (χ3n) is 6.05. The molecule has 4 aromatic rings. The van der Waals surface area contributed by atoms with Crippen LogP contribution in [0.15, 0.2) is 68.9 Å². The SMILES string of the molecule is CCc1cc(-c2coc(-c3cc(C(F)(F)F)c(C#N)c(=O)n3Cc3ccc(F)cc3F)c2)cc(S(C)(=O)=O)c1. The van der Waals surface area contributed by atoms with E-state index in [1.807, 2.05) is 6.92 Å². The molecule has 2 aromatic carbocycles. The number of nitrogens with zero attached hydrogens (tertiary/aromatic N) is 2. The molecular weight excluding hydrogens is 543 g/mol. The van der Waals surface area contributed by atoms with Crippen molar-refractivity contribution in [2.24, 2.45) is 0 Å². The number of hydrogen-bond acceptors (Lipinski definition) is 5. The highest BCUT2D eigenvalue weighted by Crippen LogP contribution is 2.36. The van der Waals surface area contributed by atoms with Crippen molar-refractivity contribution >= 4 is 9.84 Å². The molecule has 2 heterocycles. The number of halogens is 5. The predicted octanol–water partition coefficient (Wildman–Crippen LogP) is 5.96. The second kappa shape index (κ2) is 10.1. The highest BCUT2D eigenvalue weighted by molar-refractivity contribution is 7.90. The number of aryl methyl sites for hydroxylation is 1. The van der Waals surface area contributed by atoms with Crippen LogP contribution in [0, 0.1) is 23.0 Å². The number of pyridine rings is 1. The van der Waals surface area contributed by atoms with Crippen LogP contribution in [0.1, 0.15) is 29.2 Å². The molecule has 4 rings (SSSR count). The summed E-state index contributed by atoms with van der Waals surface area (Å²) >= 11 is 0. The van der Waals surface area contributed by atoms with Crippen molar-refractivity contribution in [2.45, 2.75) is 31.0 Å². The summed E-state index contributed by atoms with van der Waals surface area (Å²) in [5, 5.41) is 9.34. The molecule has 2 aromatic heterocycles. The lowest BCUT2D eigenvalue weighted by molar-refractivity contribution is -0.137. The highest BCUT2D eigenvalue weighted by Gasteiger charge is 2.37. The van der Waals surface area contributed by atoms with Crippen molar-refractivity contribution in [3.63, 3.8) is 0 Å². The number of sulfone groups is 1. The monoisotopic (exact) mass is 562 g/mol. The van der Waals surface area contributed by atoms with Gasteiger partial charge in [0.2, 0.25) is 0 Å². The van der Waals surface area contributed by atoms with Crippen LogP contribution < -0.4 is 5.56 Å². The zero-order valence-electron chi connectivity index (χ0n) is 20.4. The summed E-state index contributed by atoms with van der Waals surface area (Å²) in [4.78, 5) is 13.1. The van der Waals surface area contributed by atoms with Crippen molar-refractivity contribution in [1.82, 2.24) is 4.57 Å². The molecule has 0 radical (unpaired) electrons. The van der Waals surface area contributed by atoms with E-state index in [1.54, 1.807) is 6.07 Å². The third-order valence-corrected chi connectivity index (χ3v) is 7.14. The van der Waals surface area contributed by atoms with Gasteiger partial charge in [0.05, 0.1) is 29.0 Å². The zero-order valence-corrected chi connectivity index (χ0v) is 21.3. The molecule has 0 aliphatic rings. The number of hydrogen-bond donors (Lipinski definition) is 0. The summed E-state index contributed by atoms with van der Waals surface area (Å²) in [7, 11) is -3.59. The maximum Gasteiger partial charge on any atom is 0.417 e. The van der Waals surface area contributed by atoms with Gasteiger partial charge in [-0.2, -0.15) is 18.4 Å². The average Bonchev–Trinajstić information content (AvgIpc) is 3.35. The summed E-state index contributed by atoms with van der Waals surface area (Å²) in [6.07, 6.45) is -2.37. The molecule has 0 spiro atoms. The number of benzene rings is 2. The van der Waals surface area contributed by atoms with E-state index in [4.69, 9.17) is 4.42 Å². The molecular formula is C27H19F5N2O4S. The van der Waals surface area contributed by atoms with E-state index in [9.17, 15) is 40.4 Å². The van der Waals surface area contributed by atoms with E-state index >= 15 is 0 Å². The van der Waals surface area contributed by atoms with Crippen LogP contribution in [-0.4, -0.2) is 19.2 Å². The van der Waals surface area contributed by atoms with E-state index in [-0.39, 0.29) is 16.2 Å². The van der Waals surface area contributed by atoms with E-state index in [0.29, 0.717) is 35.2 Å². The quantitative estimate of drug-likeness (QED) is 0.271. The number of rotatable bonds is 6. The van der Waals surface area contributed by atoms with Gasteiger partial charge in [-0.3, -0.25) is 9.36 Å².